The Morgan fingerprint density at radius 3 is 2.75 bits per heavy atom. The highest BCUT2D eigenvalue weighted by Gasteiger charge is 2.28. The number of amidine groups is 1. The van der Waals surface area contributed by atoms with Crippen LogP contribution in [0.1, 0.15) is 17.5 Å². The van der Waals surface area contributed by atoms with Crippen molar-refractivity contribution in [1.82, 2.24) is 9.80 Å². The Hall–Kier alpha value is -1.37. The number of nitrogens with zero attached hydrogens (tertiary/aromatic N) is 3. The van der Waals surface area contributed by atoms with E-state index in [2.05, 4.69) is 30.9 Å². The minimum atomic E-state index is 0.172. The number of thioether (sulfide) groups is 1. The van der Waals surface area contributed by atoms with Gasteiger partial charge in [-0.3, -0.25) is 14.6 Å². The van der Waals surface area contributed by atoms with Gasteiger partial charge in [-0.15, -0.1) is 0 Å². The van der Waals surface area contributed by atoms with Gasteiger partial charge >= 0.3 is 0 Å². The van der Waals surface area contributed by atoms with E-state index in [-0.39, 0.29) is 5.91 Å². The monoisotopic (exact) mass is 347 g/mol. The van der Waals surface area contributed by atoms with Crippen molar-refractivity contribution < 1.29 is 9.53 Å². The molecule has 0 N–H and O–H groups in total. The first-order valence-electron chi connectivity index (χ1n) is 8.53. The average molecular weight is 347 g/mol. The number of morpholine rings is 1. The summed E-state index contributed by atoms with van der Waals surface area (Å²) in [4.78, 5) is 21.2. The number of amides is 1. The van der Waals surface area contributed by atoms with Gasteiger partial charge in [0, 0.05) is 26.2 Å². The van der Waals surface area contributed by atoms with Crippen molar-refractivity contribution in [2.45, 2.75) is 20.3 Å². The van der Waals surface area contributed by atoms with Gasteiger partial charge in [-0.05, 0) is 31.9 Å². The lowest BCUT2D eigenvalue weighted by atomic mass is 10.1. The van der Waals surface area contributed by atoms with Crippen molar-refractivity contribution >= 4 is 28.5 Å². The first-order chi connectivity index (χ1) is 11.6. The number of aliphatic imine (C=N–C) groups is 1. The van der Waals surface area contributed by atoms with Crippen LogP contribution in [0.4, 0.5) is 5.69 Å². The number of ether oxygens (including phenoxy) is 1. The third-order valence-corrected chi connectivity index (χ3v) is 5.35. The topological polar surface area (TPSA) is 45.1 Å². The zero-order valence-corrected chi connectivity index (χ0v) is 15.3. The Bertz CT molecular complexity index is 627. The van der Waals surface area contributed by atoms with Crippen molar-refractivity contribution in [3.05, 3.63) is 29.3 Å². The van der Waals surface area contributed by atoms with Crippen LogP contribution in [-0.4, -0.2) is 66.0 Å². The Labute approximate surface area is 148 Å². The molecule has 130 valence electrons. The molecule has 2 aliphatic heterocycles. The molecular weight excluding hydrogens is 322 g/mol. The Balaban J connectivity index is 1.62. The van der Waals surface area contributed by atoms with E-state index in [1.165, 1.54) is 5.56 Å². The van der Waals surface area contributed by atoms with E-state index in [4.69, 9.17) is 9.73 Å². The summed E-state index contributed by atoms with van der Waals surface area (Å²) in [7, 11) is 0. The molecule has 0 bridgehead atoms. The van der Waals surface area contributed by atoms with Crippen LogP contribution < -0.4 is 0 Å². The lowest BCUT2D eigenvalue weighted by Crippen LogP contribution is -2.39. The lowest BCUT2D eigenvalue weighted by molar-refractivity contribution is -0.124. The van der Waals surface area contributed by atoms with Crippen LogP contribution in [-0.2, 0) is 9.53 Å². The molecule has 1 aromatic carbocycles. The van der Waals surface area contributed by atoms with Gasteiger partial charge in [-0.1, -0.05) is 29.5 Å². The summed E-state index contributed by atoms with van der Waals surface area (Å²) in [5.41, 5.74) is 3.33. The summed E-state index contributed by atoms with van der Waals surface area (Å²) in [5.74, 6) is 0.673. The third-order valence-electron chi connectivity index (χ3n) is 4.38. The van der Waals surface area contributed by atoms with Crippen LogP contribution in [0.3, 0.4) is 0 Å². The molecular formula is C18H25N3O2S. The number of hydrogen-bond acceptors (Lipinski definition) is 5. The summed E-state index contributed by atoms with van der Waals surface area (Å²) in [6.45, 7) is 9.52. The second-order valence-electron chi connectivity index (χ2n) is 6.33. The van der Waals surface area contributed by atoms with Crippen LogP contribution in [0.25, 0.3) is 0 Å². The van der Waals surface area contributed by atoms with Crippen LogP contribution in [0.2, 0.25) is 0 Å². The van der Waals surface area contributed by atoms with Gasteiger partial charge in [0.2, 0.25) is 5.91 Å². The van der Waals surface area contributed by atoms with Crippen LogP contribution in [0.5, 0.6) is 0 Å². The maximum Gasteiger partial charge on any atom is 0.239 e. The number of aryl methyl sites for hydroxylation is 2. The van der Waals surface area contributed by atoms with Crippen molar-refractivity contribution in [3.8, 4) is 0 Å². The highest BCUT2D eigenvalue weighted by atomic mass is 32.2. The van der Waals surface area contributed by atoms with E-state index in [1.807, 2.05) is 11.0 Å². The van der Waals surface area contributed by atoms with E-state index in [1.54, 1.807) is 11.8 Å². The predicted molar refractivity (Wildman–Crippen MR) is 99.1 cm³/mol. The number of hydrogen-bond donors (Lipinski definition) is 0. The van der Waals surface area contributed by atoms with Gasteiger partial charge in [-0.2, -0.15) is 0 Å². The summed E-state index contributed by atoms with van der Waals surface area (Å²) < 4.78 is 5.37. The third kappa shape index (κ3) is 4.37. The first-order valence-corrected chi connectivity index (χ1v) is 9.51. The number of benzene rings is 1. The molecule has 24 heavy (non-hydrogen) atoms. The summed E-state index contributed by atoms with van der Waals surface area (Å²) >= 11 is 1.55. The van der Waals surface area contributed by atoms with Gasteiger partial charge in [0.25, 0.3) is 0 Å². The molecule has 5 nitrogen and oxygen atoms in total. The second kappa shape index (κ2) is 8.14. The average Bonchev–Trinajstić information content (AvgIpc) is 2.92. The fraction of sp³-hybridized carbons (Fsp3) is 0.556. The largest absolute Gasteiger partial charge is 0.379 e. The molecule has 1 aromatic rings. The van der Waals surface area contributed by atoms with Crippen LogP contribution in [0, 0.1) is 13.8 Å². The fourth-order valence-corrected chi connectivity index (χ4v) is 3.93. The fourth-order valence-electron chi connectivity index (χ4n) is 3.01. The van der Waals surface area contributed by atoms with Crippen molar-refractivity contribution in [2.24, 2.45) is 4.99 Å². The van der Waals surface area contributed by atoms with Crippen LogP contribution in [0.15, 0.2) is 23.2 Å². The molecule has 0 aromatic heterocycles. The highest BCUT2D eigenvalue weighted by molar-refractivity contribution is 8.15. The highest BCUT2D eigenvalue weighted by Crippen LogP contribution is 2.26. The molecule has 1 amide bonds. The SMILES string of the molecule is Cc1ccc(N=C2SCC(=O)N2CCCN2CCOCC2)c(C)c1. The Morgan fingerprint density at radius 1 is 1.21 bits per heavy atom. The molecule has 3 rings (SSSR count). The number of carbonyl (C=O) groups excluding carboxylic acids is 1. The maximum absolute atomic E-state index is 12.2. The normalized spacial score (nSPS) is 21.0. The van der Waals surface area contributed by atoms with E-state index >= 15 is 0 Å². The molecule has 0 aliphatic carbocycles. The van der Waals surface area contributed by atoms with E-state index in [9.17, 15) is 4.79 Å². The minimum absolute atomic E-state index is 0.172. The molecule has 0 radical (unpaired) electrons. The molecule has 2 aliphatic rings. The Morgan fingerprint density at radius 2 is 2.00 bits per heavy atom. The minimum Gasteiger partial charge on any atom is -0.379 e. The molecule has 2 saturated heterocycles. The van der Waals surface area contributed by atoms with E-state index < -0.39 is 0 Å². The maximum atomic E-state index is 12.2. The first kappa shape index (κ1) is 17.5. The van der Waals surface area contributed by atoms with Crippen molar-refractivity contribution in [1.29, 1.82) is 0 Å². The second-order valence-corrected chi connectivity index (χ2v) is 7.27. The predicted octanol–water partition coefficient (Wildman–Crippen LogP) is 2.59. The zero-order chi connectivity index (χ0) is 16.9. The summed E-state index contributed by atoms with van der Waals surface area (Å²) in [5, 5.41) is 0.842. The molecule has 0 atom stereocenters. The molecule has 0 spiro atoms. The molecule has 0 saturated carbocycles. The smallest absolute Gasteiger partial charge is 0.239 e. The Kier molecular flexibility index (Phi) is 5.92. The molecule has 0 unspecified atom stereocenters. The molecule has 6 heteroatoms. The van der Waals surface area contributed by atoms with E-state index in [0.29, 0.717) is 5.75 Å². The summed E-state index contributed by atoms with van der Waals surface area (Å²) in [6.07, 6.45) is 0.970. The summed E-state index contributed by atoms with van der Waals surface area (Å²) in [6, 6.07) is 6.23. The quantitative estimate of drug-likeness (QED) is 0.821. The zero-order valence-electron chi connectivity index (χ0n) is 14.5. The molecule has 2 heterocycles. The van der Waals surface area contributed by atoms with Gasteiger partial charge < -0.3 is 4.74 Å². The molecule has 2 fully saturated rings. The van der Waals surface area contributed by atoms with Crippen LogP contribution >= 0.6 is 11.8 Å². The van der Waals surface area contributed by atoms with Crippen molar-refractivity contribution in [3.63, 3.8) is 0 Å². The van der Waals surface area contributed by atoms with Gasteiger partial charge in [0.05, 0.1) is 24.7 Å². The lowest BCUT2D eigenvalue weighted by Gasteiger charge is -2.27. The van der Waals surface area contributed by atoms with Gasteiger partial charge in [0.15, 0.2) is 5.17 Å². The number of rotatable bonds is 5. The van der Waals surface area contributed by atoms with Gasteiger partial charge in [0.1, 0.15) is 0 Å². The van der Waals surface area contributed by atoms with E-state index in [0.717, 1.165) is 62.2 Å². The van der Waals surface area contributed by atoms with Gasteiger partial charge in [-0.25, -0.2) is 4.99 Å². The standard InChI is InChI=1S/C18H25N3O2S/c1-14-4-5-16(15(2)12-14)19-18-21(17(22)13-24-18)7-3-6-20-8-10-23-11-9-20/h4-5,12H,3,6-11,13H2,1-2H3. The van der Waals surface area contributed by atoms with Crippen molar-refractivity contribution in [2.75, 3.05) is 45.1 Å². The number of carbonyl (C=O) groups is 1.